The average Bonchev–Trinajstić information content (AvgIpc) is 3.54. The molecule has 0 bridgehead atoms. The second kappa shape index (κ2) is 10.6. The van der Waals surface area contributed by atoms with E-state index in [1.54, 1.807) is 0 Å². The molecule has 0 atom stereocenters. The van der Waals surface area contributed by atoms with Crippen molar-refractivity contribution >= 4 is 82.1 Å². The lowest BCUT2D eigenvalue weighted by molar-refractivity contribution is 0.669. The van der Waals surface area contributed by atoms with Crippen LogP contribution >= 0.6 is 0 Å². The SMILES string of the molecule is c1ccc2c(-c3ccc(N(c4cc5c6ccccc6ccc5c5ccccc45)c4cccc5c4oc4ccccc45)cc3)cccc2c1. The molecule has 224 valence electrons. The molecule has 0 aliphatic rings. The van der Waals surface area contributed by atoms with Gasteiger partial charge >= 0.3 is 0 Å². The van der Waals surface area contributed by atoms with Gasteiger partial charge in [-0.3, -0.25) is 0 Å². The van der Waals surface area contributed by atoms with Crippen LogP contribution in [-0.2, 0) is 0 Å². The largest absolute Gasteiger partial charge is 0.454 e. The Hall–Kier alpha value is -6.38. The smallest absolute Gasteiger partial charge is 0.159 e. The van der Waals surface area contributed by atoms with Gasteiger partial charge in [-0.05, 0) is 79.2 Å². The van der Waals surface area contributed by atoms with Gasteiger partial charge in [0.05, 0.1) is 11.4 Å². The average molecular weight is 612 g/mol. The van der Waals surface area contributed by atoms with Gasteiger partial charge in [0.1, 0.15) is 5.58 Å². The van der Waals surface area contributed by atoms with Crippen LogP contribution in [-0.4, -0.2) is 0 Å². The Kier molecular flexibility index (Phi) is 5.91. The monoisotopic (exact) mass is 611 g/mol. The zero-order valence-corrected chi connectivity index (χ0v) is 26.1. The fourth-order valence-electron chi connectivity index (χ4n) is 7.61. The third kappa shape index (κ3) is 4.06. The van der Waals surface area contributed by atoms with Crippen molar-refractivity contribution in [1.29, 1.82) is 0 Å². The van der Waals surface area contributed by atoms with Crippen LogP contribution in [0.25, 0.3) is 76.2 Å². The van der Waals surface area contributed by atoms with E-state index in [-0.39, 0.29) is 0 Å². The first-order chi connectivity index (χ1) is 23.8. The fourth-order valence-corrected chi connectivity index (χ4v) is 7.61. The molecule has 0 amide bonds. The zero-order valence-electron chi connectivity index (χ0n) is 26.1. The molecule has 0 N–H and O–H groups in total. The normalized spacial score (nSPS) is 11.8. The number of nitrogens with zero attached hydrogens (tertiary/aromatic N) is 1. The maximum Gasteiger partial charge on any atom is 0.159 e. The van der Waals surface area contributed by atoms with Crippen molar-refractivity contribution in [2.45, 2.75) is 0 Å². The molecule has 0 aliphatic carbocycles. The van der Waals surface area contributed by atoms with E-state index in [2.05, 4.69) is 175 Å². The van der Waals surface area contributed by atoms with E-state index in [0.717, 1.165) is 39.0 Å². The van der Waals surface area contributed by atoms with Crippen molar-refractivity contribution < 1.29 is 4.42 Å². The van der Waals surface area contributed by atoms with Crippen molar-refractivity contribution in [3.8, 4) is 11.1 Å². The van der Waals surface area contributed by atoms with E-state index in [1.165, 1.54) is 54.2 Å². The van der Waals surface area contributed by atoms with Crippen LogP contribution in [0.2, 0.25) is 0 Å². The highest BCUT2D eigenvalue weighted by atomic mass is 16.3. The maximum atomic E-state index is 6.68. The predicted octanol–water partition coefficient (Wildman–Crippen LogP) is 13.3. The Morgan fingerprint density at radius 3 is 1.79 bits per heavy atom. The first kappa shape index (κ1) is 26.8. The summed E-state index contributed by atoms with van der Waals surface area (Å²) in [4.78, 5) is 2.39. The maximum absolute atomic E-state index is 6.68. The highest BCUT2D eigenvalue weighted by molar-refractivity contribution is 6.22. The number of benzene rings is 9. The van der Waals surface area contributed by atoms with Crippen LogP contribution in [0.4, 0.5) is 17.1 Å². The molecule has 1 heterocycles. The van der Waals surface area contributed by atoms with Gasteiger partial charge in [0.25, 0.3) is 0 Å². The number of hydrogen-bond donors (Lipinski definition) is 0. The van der Waals surface area contributed by atoms with Crippen LogP contribution in [0.1, 0.15) is 0 Å². The minimum atomic E-state index is 0.874. The Morgan fingerprint density at radius 1 is 0.354 bits per heavy atom. The number of hydrogen-bond acceptors (Lipinski definition) is 2. The summed E-state index contributed by atoms with van der Waals surface area (Å²) in [6, 6.07) is 63.3. The number of fused-ring (bicyclic) bond motifs is 9. The summed E-state index contributed by atoms with van der Waals surface area (Å²) in [5.41, 5.74) is 7.36. The minimum absolute atomic E-state index is 0.874. The van der Waals surface area contributed by atoms with Crippen LogP contribution in [0, 0.1) is 0 Å². The summed E-state index contributed by atoms with van der Waals surface area (Å²) < 4.78 is 6.68. The van der Waals surface area contributed by atoms with Gasteiger partial charge in [-0.1, -0.05) is 146 Å². The highest BCUT2D eigenvalue weighted by Gasteiger charge is 2.22. The van der Waals surface area contributed by atoms with Crippen molar-refractivity contribution in [1.82, 2.24) is 0 Å². The third-order valence-corrected chi connectivity index (χ3v) is 9.84. The topological polar surface area (TPSA) is 16.4 Å². The Bertz CT molecular complexity index is 2840. The van der Waals surface area contributed by atoms with E-state index in [0.29, 0.717) is 0 Å². The van der Waals surface area contributed by atoms with Gasteiger partial charge in [-0.15, -0.1) is 0 Å². The molecule has 1 aromatic heterocycles. The summed E-state index contributed by atoms with van der Waals surface area (Å²) >= 11 is 0. The van der Waals surface area contributed by atoms with Gasteiger partial charge in [0.2, 0.25) is 0 Å². The summed E-state index contributed by atoms with van der Waals surface area (Å²) in [7, 11) is 0. The molecule has 0 saturated heterocycles. The quantitative estimate of drug-likeness (QED) is 0.184. The number of anilines is 3. The van der Waals surface area contributed by atoms with Crippen LogP contribution in [0.15, 0.2) is 180 Å². The Morgan fingerprint density at radius 2 is 0.958 bits per heavy atom. The molecule has 2 nitrogen and oxygen atoms in total. The summed E-state index contributed by atoms with van der Waals surface area (Å²) in [6.45, 7) is 0. The minimum Gasteiger partial charge on any atom is -0.454 e. The Balaban J connectivity index is 1.27. The zero-order chi connectivity index (χ0) is 31.6. The second-order valence-corrected chi connectivity index (χ2v) is 12.5. The molecule has 2 heteroatoms. The standard InChI is InChI=1S/C46H29NO/c1-3-14-34-30(11-1)13-9-19-35(34)32-23-26-33(27-24-32)47(43-21-10-20-41-40-18-7-8-22-45(40)48-46(41)43)44-29-42-36-15-4-2-12-31(36)25-28-38(42)37-16-5-6-17-39(37)44/h1-29H. The van der Waals surface area contributed by atoms with Crippen molar-refractivity contribution in [2.24, 2.45) is 0 Å². The lowest BCUT2D eigenvalue weighted by Gasteiger charge is -2.28. The molecule has 0 unspecified atom stereocenters. The number of para-hydroxylation sites is 2. The first-order valence-corrected chi connectivity index (χ1v) is 16.4. The van der Waals surface area contributed by atoms with E-state index >= 15 is 0 Å². The highest BCUT2D eigenvalue weighted by Crippen LogP contribution is 2.47. The van der Waals surface area contributed by atoms with Crippen LogP contribution in [0.5, 0.6) is 0 Å². The van der Waals surface area contributed by atoms with Gasteiger partial charge in [-0.2, -0.15) is 0 Å². The third-order valence-electron chi connectivity index (χ3n) is 9.84. The molecular formula is C46H29NO. The van der Waals surface area contributed by atoms with Gasteiger partial charge in [0.15, 0.2) is 5.58 Å². The predicted molar refractivity (Wildman–Crippen MR) is 204 cm³/mol. The lowest BCUT2D eigenvalue weighted by Crippen LogP contribution is -2.11. The van der Waals surface area contributed by atoms with E-state index in [4.69, 9.17) is 4.42 Å². The molecule has 0 spiro atoms. The van der Waals surface area contributed by atoms with Gasteiger partial charge in [0, 0.05) is 21.8 Å². The number of furan rings is 1. The summed E-state index contributed by atoms with van der Waals surface area (Å²) in [5, 5.41) is 12.1. The summed E-state index contributed by atoms with van der Waals surface area (Å²) in [6.07, 6.45) is 0. The first-order valence-electron chi connectivity index (χ1n) is 16.4. The lowest BCUT2D eigenvalue weighted by atomic mass is 9.94. The van der Waals surface area contributed by atoms with E-state index in [9.17, 15) is 0 Å². The number of rotatable bonds is 4. The van der Waals surface area contributed by atoms with Crippen molar-refractivity contribution in [3.63, 3.8) is 0 Å². The summed E-state index contributed by atoms with van der Waals surface area (Å²) in [5.74, 6) is 0. The van der Waals surface area contributed by atoms with E-state index < -0.39 is 0 Å². The molecule has 9 aromatic carbocycles. The van der Waals surface area contributed by atoms with Crippen LogP contribution in [0.3, 0.4) is 0 Å². The van der Waals surface area contributed by atoms with Gasteiger partial charge < -0.3 is 9.32 Å². The molecule has 48 heavy (non-hydrogen) atoms. The molecule has 0 radical (unpaired) electrons. The molecule has 10 rings (SSSR count). The molecule has 0 aliphatic heterocycles. The second-order valence-electron chi connectivity index (χ2n) is 12.5. The fraction of sp³-hybridized carbons (Fsp3) is 0. The molecule has 10 aromatic rings. The Labute approximate surface area is 277 Å². The van der Waals surface area contributed by atoms with Crippen molar-refractivity contribution in [3.05, 3.63) is 176 Å². The van der Waals surface area contributed by atoms with Gasteiger partial charge in [-0.25, -0.2) is 0 Å². The molecular weight excluding hydrogens is 583 g/mol. The van der Waals surface area contributed by atoms with Crippen molar-refractivity contribution in [2.75, 3.05) is 4.90 Å². The van der Waals surface area contributed by atoms with E-state index in [1.807, 2.05) is 6.07 Å². The molecule has 0 saturated carbocycles. The molecule has 0 fully saturated rings. The van der Waals surface area contributed by atoms with Crippen LogP contribution < -0.4 is 4.90 Å².